The number of benzene rings is 1. The molecule has 108 valence electrons. The first-order valence-electron chi connectivity index (χ1n) is 7.18. The Morgan fingerprint density at radius 2 is 1.95 bits per heavy atom. The molecule has 0 saturated carbocycles. The van der Waals surface area contributed by atoms with Gasteiger partial charge in [-0.15, -0.1) is 0 Å². The van der Waals surface area contributed by atoms with Crippen LogP contribution in [0.5, 0.6) is 0 Å². The van der Waals surface area contributed by atoms with Gasteiger partial charge in [0.1, 0.15) is 11.6 Å². The van der Waals surface area contributed by atoms with Gasteiger partial charge in [-0.05, 0) is 18.1 Å². The van der Waals surface area contributed by atoms with Crippen LogP contribution >= 0.6 is 0 Å². The van der Waals surface area contributed by atoms with Gasteiger partial charge in [0.25, 0.3) is 0 Å². The smallest absolute Gasteiger partial charge is 0.145 e. The van der Waals surface area contributed by atoms with E-state index >= 15 is 0 Å². The number of nitrogens with zero attached hydrogens (tertiary/aromatic N) is 4. The number of hydrogen-bond donors (Lipinski definition) is 1. The third-order valence-electron chi connectivity index (χ3n) is 3.24. The summed E-state index contributed by atoms with van der Waals surface area (Å²) in [6.45, 7) is 6.02. The van der Waals surface area contributed by atoms with Gasteiger partial charge in [0.2, 0.25) is 0 Å². The fourth-order valence-electron chi connectivity index (χ4n) is 2.28. The molecule has 0 radical (unpaired) electrons. The third-order valence-corrected chi connectivity index (χ3v) is 3.24. The standard InChI is InChI=1S/C16H19N5/c1-12(2)11-21-8-7-17-16(21)10-19-15-9-18-13-5-3-4-6-14(13)20-15/h3-9,12H,10-11H2,1-2H3,(H,19,20). The van der Waals surface area contributed by atoms with E-state index in [1.165, 1.54) is 0 Å². The van der Waals surface area contributed by atoms with Gasteiger partial charge in [0, 0.05) is 18.9 Å². The highest BCUT2D eigenvalue weighted by atomic mass is 15.1. The third kappa shape index (κ3) is 3.18. The van der Waals surface area contributed by atoms with Crippen LogP contribution in [0.25, 0.3) is 11.0 Å². The normalized spacial score (nSPS) is 11.2. The molecule has 0 aliphatic carbocycles. The molecule has 1 N–H and O–H groups in total. The number of imidazole rings is 1. The first-order chi connectivity index (χ1) is 10.2. The Hall–Kier alpha value is -2.43. The first-order valence-corrected chi connectivity index (χ1v) is 7.18. The molecule has 1 aromatic carbocycles. The average Bonchev–Trinajstić information content (AvgIpc) is 2.91. The molecule has 0 spiro atoms. The molecule has 0 unspecified atom stereocenters. The quantitative estimate of drug-likeness (QED) is 0.780. The Morgan fingerprint density at radius 3 is 2.76 bits per heavy atom. The zero-order valence-electron chi connectivity index (χ0n) is 12.3. The molecule has 21 heavy (non-hydrogen) atoms. The molecule has 0 saturated heterocycles. The monoisotopic (exact) mass is 281 g/mol. The predicted molar refractivity (Wildman–Crippen MR) is 83.9 cm³/mol. The summed E-state index contributed by atoms with van der Waals surface area (Å²) in [6.07, 6.45) is 5.62. The second-order valence-electron chi connectivity index (χ2n) is 5.49. The van der Waals surface area contributed by atoms with Crippen LogP contribution in [0.4, 0.5) is 5.82 Å². The van der Waals surface area contributed by atoms with Crippen molar-refractivity contribution in [3.63, 3.8) is 0 Å². The molecule has 3 rings (SSSR count). The van der Waals surface area contributed by atoms with E-state index in [0.29, 0.717) is 12.5 Å². The van der Waals surface area contributed by atoms with Gasteiger partial charge < -0.3 is 9.88 Å². The fraction of sp³-hybridized carbons (Fsp3) is 0.312. The molecule has 0 amide bonds. The molecule has 5 nitrogen and oxygen atoms in total. The van der Waals surface area contributed by atoms with Gasteiger partial charge in [0.15, 0.2) is 0 Å². The average molecular weight is 281 g/mol. The second kappa shape index (κ2) is 5.91. The highest BCUT2D eigenvalue weighted by Gasteiger charge is 2.05. The molecule has 0 aliphatic rings. The topological polar surface area (TPSA) is 55.6 Å². The summed E-state index contributed by atoms with van der Waals surface area (Å²) < 4.78 is 2.17. The van der Waals surface area contributed by atoms with E-state index in [0.717, 1.165) is 29.2 Å². The number of para-hydroxylation sites is 2. The zero-order chi connectivity index (χ0) is 14.7. The van der Waals surface area contributed by atoms with Crippen molar-refractivity contribution in [2.75, 3.05) is 5.32 Å². The van der Waals surface area contributed by atoms with Crippen LogP contribution in [0.15, 0.2) is 42.9 Å². The molecule has 2 heterocycles. The van der Waals surface area contributed by atoms with Crippen molar-refractivity contribution in [3.8, 4) is 0 Å². The number of nitrogens with one attached hydrogen (secondary N) is 1. The number of fused-ring (bicyclic) bond motifs is 1. The minimum Gasteiger partial charge on any atom is -0.362 e. The number of aromatic nitrogens is 4. The number of anilines is 1. The molecule has 0 bridgehead atoms. The van der Waals surface area contributed by atoms with Crippen LogP contribution in [-0.4, -0.2) is 19.5 Å². The van der Waals surface area contributed by atoms with Crippen LogP contribution < -0.4 is 5.32 Å². The Morgan fingerprint density at radius 1 is 1.14 bits per heavy atom. The van der Waals surface area contributed by atoms with Gasteiger partial charge in [-0.1, -0.05) is 26.0 Å². The predicted octanol–water partition coefficient (Wildman–Crippen LogP) is 3.09. The molecular weight excluding hydrogens is 262 g/mol. The highest BCUT2D eigenvalue weighted by Crippen LogP contribution is 2.12. The molecule has 5 heteroatoms. The minimum atomic E-state index is 0.596. The second-order valence-corrected chi connectivity index (χ2v) is 5.49. The van der Waals surface area contributed by atoms with Crippen LogP contribution in [0.3, 0.4) is 0 Å². The summed E-state index contributed by atoms with van der Waals surface area (Å²) in [4.78, 5) is 13.4. The SMILES string of the molecule is CC(C)Cn1ccnc1CNc1cnc2ccccc2n1. The Bertz CT molecular complexity index is 732. The van der Waals surface area contributed by atoms with Crippen molar-refractivity contribution in [1.82, 2.24) is 19.5 Å². The molecule has 0 fully saturated rings. The molecular formula is C16H19N5. The summed E-state index contributed by atoms with van der Waals surface area (Å²) in [5, 5.41) is 3.30. The van der Waals surface area contributed by atoms with E-state index in [2.05, 4.69) is 38.7 Å². The number of hydrogen-bond acceptors (Lipinski definition) is 4. The zero-order valence-corrected chi connectivity index (χ0v) is 12.3. The lowest BCUT2D eigenvalue weighted by Gasteiger charge is -2.11. The minimum absolute atomic E-state index is 0.596. The Kier molecular flexibility index (Phi) is 3.81. The van der Waals surface area contributed by atoms with Crippen molar-refractivity contribution in [2.45, 2.75) is 26.9 Å². The van der Waals surface area contributed by atoms with Crippen LogP contribution in [-0.2, 0) is 13.1 Å². The lowest BCUT2D eigenvalue weighted by molar-refractivity contribution is 0.509. The first kappa shape index (κ1) is 13.5. The summed E-state index contributed by atoms with van der Waals surface area (Å²) >= 11 is 0. The molecule has 0 aliphatic heterocycles. The lowest BCUT2D eigenvalue weighted by Crippen LogP contribution is -2.12. The van der Waals surface area contributed by atoms with Crippen LogP contribution in [0.2, 0.25) is 0 Å². The van der Waals surface area contributed by atoms with E-state index in [4.69, 9.17) is 0 Å². The summed E-state index contributed by atoms with van der Waals surface area (Å²) in [6, 6.07) is 7.86. The van der Waals surface area contributed by atoms with Gasteiger partial charge in [0.05, 0.1) is 23.8 Å². The number of rotatable bonds is 5. The molecule has 3 aromatic rings. The van der Waals surface area contributed by atoms with Gasteiger partial charge >= 0.3 is 0 Å². The van der Waals surface area contributed by atoms with Gasteiger partial charge in [-0.3, -0.25) is 4.98 Å². The summed E-state index contributed by atoms with van der Waals surface area (Å²) in [5.41, 5.74) is 1.80. The van der Waals surface area contributed by atoms with Crippen molar-refractivity contribution >= 4 is 16.9 Å². The maximum atomic E-state index is 4.55. The molecule has 0 atom stereocenters. The largest absolute Gasteiger partial charge is 0.362 e. The Labute approximate surface area is 124 Å². The van der Waals surface area contributed by atoms with E-state index in [-0.39, 0.29) is 0 Å². The van der Waals surface area contributed by atoms with Crippen molar-refractivity contribution in [1.29, 1.82) is 0 Å². The van der Waals surface area contributed by atoms with E-state index in [1.54, 1.807) is 6.20 Å². The molecule has 2 aromatic heterocycles. The van der Waals surface area contributed by atoms with E-state index < -0.39 is 0 Å². The lowest BCUT2D eigenvalue weighted by atomic mass is 10.2. The van der Waals surface area contributed by atoms with Crippen molar-refractivity contribution in [3.05, 3.63) is 48.7 Å². The fourth-order valence-corrected chi connectivity index (χ4v) is 2.28. The van der Waals surface area contributed by atoms with Crippen molar-refractivity contribution in [2.24, 2.45) is 5.92 Å². The maximum absolute atomic E-state index is 4.55. The van der Waals surface area contributed by atoms with Crippen LogP contribution in [0, 0.1) is 5.92 Å². The highest BCUT2D eigenvalue weighted by molar-refractivity contribution is 5.75. The van der Waals surface area contributed by atoms with E-state index in [1.807, 2.05) is 36.7 Å². The van der Waals surface area contributed by atoms with Gasteiger partial charge in [-0.2, -0.15) is 0 Å². The summed E-state index contributed by atoms with van der Waals surface area (Å²) in [7, 11) is 0. The summed E-state index contributed by atoms with van der Waals surface area (Å²) in [5.74, 6) is 2.38. The van der Waals surface area contributed by atoms with Gasteiger partial charge in [-0.25, -0.2) is 9.97 Å². The Balaban J connectivity index is 1.73. The van der Waals surface area contributed by atoms with Crippen molar-refractivity contribution < 1.29 is 0 Å². The van der Waals surface area contributed by atoms with Crippen LogP contribution in [0.1, 0.15) is 19.7 Å². The van der Waals surface area contributed by atoms with E-state index in [9.17, 15) is 0 Å². The maximum Gasteiger partial charge on any atom is 0.145 e.